The van der Waals surface area contributed by atoms with Crippen molar-refractivity contribution in [3.05, 3.63) is 141 Å². The van der Waals surface area contributed by atoms with Gasteiger partial charge in [-0.1, -0.05) is 96.2 Å². The van der Waals surface area contributed by atoms with E-state index in [1.165, 1.54) is 11.8 Å². The van der Waals surface area contributed by atoms with Crippen LogP contribution in [0, 0.1) is 13.8 Å². The van der Waals surface area contributed by atoms with Gasteiger partial charge >= 0.3 is 0 Å². The molecule has 0 radical (unpaired) electrons. The van der Waals surface area contributed by atoms with Crippen LogP contribution in [0.2, 0.25) is 5.02 Å². The van der Waals surface area contributed by atoms with Gasteiger partial charge in [0.05, 0.1) is 5.57 Å². The number of benzene rings is 4. The molecule has 0 spiro atoms. The van der Waals surface area contributed by atoms with Gasteiger partial charge in [0.2, 0.25) is 11.1 Å². The molecule has 2 heterocycles. The molecule has 1 unspecified atom stereocenters. The van der Waals surface area contributed by atoms with Crippen molar-refractivity contribution in [2.45, 2.75) is 44.3 Å². The lowest BCUT2D eigenvalue weighted by molar-refractivity contribution is -0.113. The number of rotatable bonds is 9. The molecule has 4 aromatic carbocycles. The summed E-state index contributed by atoms with van der Waals surface area (Å²) in [6.07, 6.45) is 0. The third kappa shape index (κ3) is 6.37. The van der Waals surface area contributed by atoms with Gasteiger partial charge in [-0.15, -0.1) is 5.10 Å². The van der Waals surface area contributed by atoms with E-state index < -0.39 is 6.04 Å². The molecule has 1 atom stereocenters. The fraction of sp³-hybridized carbons (Fsp3) is 0.171. The fourth-order valence-electron chi connectivity index (χ4n) is 5.14. The van der Waals surface area contributed by atoms with E-state index in [1.807, 2.05) is 118 Å². The molecule has 1 aromatic heterocycles. The van der Waals surface area contributed by atoms with Crippen molar-refractivity contribution < 1.29 is 9.53 Å². The number of nitrogens with one attached hydrogen (secondary N) is 2. The van der Waals surface area contributed by atoms with E-state index in [-0.39, 0.29) is 5.91 Å². The summed E-state index contributed by atoms with van der Waals surface area (Å²) in [7, 11) is 0. The molecule has 1 amide bonds. The molecule has 1 aliphatic heterocycles. The highest BCUT2D eigenvalue weighted by Crippen LogP contribution is 2.38. The van der Waals surface area contributed by atoms with Crippen molar-refractivity contribution >= 4 is 40.9 Å². The number of anilines is 2. The largest absolute Gasteiger partial charge is 0.489 e. The van der Waals surface area contributed by atoms with Gasteiger partial charge in [0, 0.05) is 22.2 Å². The molecule has 6 rings (SSSR count). The molecule has 44 heavy (non-hydrogen) atoms. The number of fused-ring (bicyclic) bond motifs is 1. The number of carbonyl (C=O) groups excluding carboxylic acids is 1. The molecule has 0 aliphatic carbocycles. The van der Waals surface area contributed by atoms with E-state index >= 15 is 0 Å². The summed E-state index contributed by atoms with van der Waals surface area (Å²) in [6.45, 7) is 6.37. The highest BCUT2D eigenvalue weighted by Gasteiger charge is 2.35. The number of allylic oxidation sites excluding steroid dienone is 1. The van der Waals surface area contributed by atoms with Crippen molar-refractivity contribution in [2.24, 2.45) is 0 Å². The molecule has 2 N–H and O–H groups in total. The average molecular weight is 622 g/mol. The van der Waals surface area contributed by atoms with Crippen molar-refractivity contribution in [3.8, 4) is 5.75 Å². The molecular formula is C35H32ClN5O2S. The Morgan fingerprint density at radius 3 is 2.57 bits per heavy atom. The minimum Gasteiger partial charge on any atom is -0.489 e. The Morgan fingerprint density at radius 2 is 1.75 bits per heavy atom. The molecule has 0 saturated heterocycles. The van der Waals surface area contributed by atoms with Gasteiger partial charge in [-0.05, 0) is 72.9 Å². The number of ether oxygens (including phenoxy) is 1. The Bertz CT molecular complexity index is 1850. The second kappa shape index (κ2) is 13.0. The molecule has 1 aliphatic rings. The first-order chi connectivity index (χ1) is 21.4. The van der Waals surface area contributed by atoms with Gasteiger partial charge in [-0.25, -0.2) is 4.68 Å². The maximum Gasteiger partial charge on any atom is 0.255 e. The minimum atomic E-state index is -0.543. The highest BCUT2D eigenvalue weighted by molar-refractivity contribution is 7.98. The van der Waals surface area contributed by atoms with Crippen LogP contribution in [0.5, 0.6) is 5.75 Å². The maximum absolute atomic E-state index is 14.1. The Labute approximate surface area is 266 Å². The fourth-order valence-corrected chi connectivity index (χ4v) is 6.26. The van der Waals surface area contributed by atoms with Crippen LogP contribution in [0.15, 0.2) is 113 Å². The van der Waals surface area contributed by atoms with E-state index in [2.05, 4.69) is 10.6 Å². The number of amides is 1. The number of hydrogen-bond acceptors (Lipinski definition) is 6. The predicted molar refractivity (Wildman–Crippen MR) is 177 cm³/mol. The zero-order valence-corrected chi connectivity index (χ0v) is 26.2. The Balaban J connectivity index is 1.35. The number of halogens is 1. The zero-order chi connectivity index (χ0) is 30.6. The highest BCUT2D eigenvalue weighted by atomic mass is 35.5. The Morgan fingerprint density at radius 1 is 0.977 bits per heavy atom. The summed E-state index contributed by atoms with van der Waals surface area (Å²) in [4.78, 5) is 18.9. The number of aryl methyl sites for hydroxylation is 1. The third-order valence-corrected chi connectivity index (χ3v) is 8.92. The van der Waals surface area contributed by atoms with E-state index in [0.29, 0.717) is 45.5 Å². The lowest BCUT2D eigenvalue weighted by atomic mass is 9.94. The molecule has 5 aromatic rings. The Hall–Kier alpha value is -4.53. The van der Waals surface area contributed by atoms with Crippen LogP contribution in [0.1, 0.15) is 40.8 Å². The number of thioether (sulfide) groups is 1. The minimum absolute atomic E-state index is 0.212. The normalized spacial score (nSPS) is 14.1. The van der Waals surface area contributed by atoms with Crippen molar-refractivity contribution in [3.63, 3.8) is 0 Å². The number of nitrogens with zero attached hydrogens (tertiary/aromatic N) is 3. The summed E-state index contributed by atoms with van der Waals surface area (Å²) >= 11 is 7.89. The van der Waals surface area contributed by atoms with Gasteiger partial charge in [-0.2, -0.15) is 4.98 Å². The van der Waals surface area contributed by atoms with Crippen LogP contribution >= 0.6 is 23.4 Å². The number of carbonyl (C=O) groups is 1. The first-order valence-corrected chi connectivity index (χ1v) is 15.7. The molecule has 0 fully saturated rings. The van der Waals surface area contributed by atoms with Crippen LogP contribution in [-0.4, -0.2) is 20.7 Å². The van der Waals surface area contributed by atoms with Gasteiger partial charge in [0.25, 0.3) is 5.91 Å². The summed E-state index contributed by atoms with van der Waals surface area (Å²) in [5.74, 6) is 1.67. The van der Waals surface area contributed by atoms with E-state index in [9.17, 15) is 4.79 Å². The van der Waals surface area contributed by atoms with Crippen LogP contribution < -0.4 is 15.4 Å². The second-order valence-corrected chi connectivity index (χ2v) is 12.0. The van der Waals surface area contributed by atoms with Crippen LogP contribution in [-0.2, 0) is 17.2 Å². The first kappa shape index (κ1) is 29.5. The van der Waals surface area contributed by atoms with Crippen LogP contribution in [0.3, 0.4) is 0 Å². The van der Waals surface area contributed by atoms with Crippen molar-refractivity contribution in [2.75, 3.05) is 10.6 Å². The predicted octanol–water partition coefficient (Wildman–Crippen LogP) is 8.35. The summed E-state index contributed by atoms with van der Waals surface area (Å²) in [5.41, 5.74) is 7.09. The van der Waals surface area contributed by atoms with Crippen molar-refractivity contribution in [1.82, 2.24) is 14.8 Å². The van der Waals surface area contributed by atoms with E-state index in [4.69, 9.17) is 26.4 Å². The second-order valence-electron chi connectivity index (χ2n) is 10.7. The summed E-state index contributed by atoms with van der Waals surface area (Å²) < 4.78 is 7.96. The summed E-state index contributed by atoms with van der Waals surface area (Å²) in [5, 5.41) is 12.7. The van der Waals surface area contributed by atoms with Gasteiger partial charge in [-0.3, -0.25) is 4.79 Å². The average Bonchev–Trinajstić information content (AvgIpc) is 3.44. The maximum atomic E-state index is 14.1. The topological polar surface area (TPSA) is 81.1 Å². The van der Waals surface area contributed by atoms with Gasteiger partial charge < -0.3 is 15.4 Å². The summed E-state index contributed by atoms with van der Waals surface area (Å²) in [6, 6.07) is 31.0. The van der Waals surface area contributed by atoms with Crippen LogP contribution in [0.4, 0.5) is 11.6 Å². The third-order valence-electron chi connectivity index (χ3n) is 7.67. The monoisotopic (exact) mass is 621 g/mol. The molecule has 9 heteroatoms. The van der Waals surface area contributed by atoms with E-state index in [0.717, 1.165) is 33.5 Å². The molecule has 7 nitrogen and oxygen atoms in total. The zero-order valence-electron chi connectivity index (χ0n) is 24.7. The molecule has 0 bridgehead atoms. The SMILES string of the molecule is CC1=C(C(=O)Nc2cccc(C)c2C)C(c2cccc(OCc3ccccc3)c2)n2nc(SCc3ccccc3Cl)nc2N1. The van der Waals surface area contributed by atoms with Gasteiger partial charge in [0.15, 0.2) is 0 Å². The number of aromatic nitrogens is 3. The standard InChI is InChI=1S/C35H32ClN5O2S/c1-22-11-9-18-30(23(22)2)38-33(42)31-24(3)37-34-39-35(44-21-27-14-7-8-17-29(27)36)40-41(34)32(31)26-15-10-16-28(19-26)43-20-25-12-5-4-6-13-25/h4-19,32H,20-21H2,1-3H3,(H,38,42)(H,37,39,40). The first-order valence-electron chi connectivity index (χ1n) is 14.3. The van der Waals surface area contributed by atoms with Crippen molar-refractivity contribution in [1.29, 1.82) is 0 Å². The van der Waals surface area contributed by atoms with E-state index in [1.54, 1.807) is 4.68 Å². The molecular weight excluding hydrogens is 590 g/mol. The number of hydrogen-bond donors (Lipinski definition) is 2. The van der Waals surface area contributed by atoms with Gasteiger partial charge in [0.1, 0.15) is 18.4 Å². The lowest BCUT2D eigenvalue weighted by Crippen LogP contribution is -2.31. The molecule has 0 saturated carbocycles. The Kier molecular flexibility index (Phi) is 8.72. The van der Waals surface area contributed by atoms with Crippen LogP contribution in [0.25, 0.3) is 0 Å². The lowest BCUT2D eigenvalue weighted by Gasteiger charge is -2.29. The molecule has 222 valence electrons. The quantitative estimate of drug-likeness (QED) is 0.161. The smallest absolute Gasteiger partial charge is 0.255 e.